The first-order valence-electron chi connectivity index (χ1n) is 5.99. The molecule has 1 amide bonds. The number of carboxylic acids is 1. The molecule has 1 N–H and O–H groups in total. The van der Waals surface area contributed by atoms with Crippen molar-refractivity contribution in [3.8, 4) is 0 Å². The van der Waals surface area contributed by atoms with E-state index in [1.54, 1.807) is 27.7 Å². The van der Waals surface area contributed by atoms with Crippen molar-refractivity contribution < 1.29 is 19.4 Å². The van der Waals surface area contributed by atoms with Gasteiger partial charge in [0, 0.05) is 6.54 Å². The largest absolute Gasteiger partial charge is 0.477 e. The molecule has 0 radical (unpaired) electrons. The van der Waals surface area contributed by atoms with Gasteiger partial charge in [-0.3, -0.25) is 4.90 Å². The van der Waals surface area contributed by atoms with Gasteiger partial charge < -0.3 is 9.84 Å². The molecule has 6 nitrogen and oxygen atoms in total. The summed E-state index contributed by atoms with van der Waals surface area (Å²) in [5.41, 5.74) is -0.381. The summed E-state index contributed by atoms with van der Waals surface area (Å²) in [4.78, 5) is 28.6. The van der Waals surface area contributed by atoms with Crippen molar-refractivity contribution in [1.29, 1.82) is 0 Å². The molecule has 0 aromatic carbocycles. The minimum atomic E-state index is -1.11. The van der Waals surface area contributed by atoms with Crippen molar-refractivity contribution in [3.05, 3.63) is 10.6 Å². The van der Waals surface area contributed by atoms with Crippen LogP contribution in [-0.4, -0.2) is 34.3 Å². The fraction of sp³-hybridized carbons (Fsp3) is 0.583. The number of alkyl halides is 1. The molecule has 1 aromatic rings. The van der Waals surface area contributed by atoms with Crippen LogP contribution < -0.4 is 4.90 Å². The molecule has 0 unspecified atom stereocenters. The van der Waals surface area contributed by atoms with Crippen LogP contribution in [0, 0.1) is 0 Å². The van der Waals surface area contributed by atoms with E-state index in [0.717, 1.165) is 11.3 Å². The molecule has 20 heavy (non-hydrogen) atoms. The zero-order chi connectivity index (χ0) is 15.5. The monoisotopic (exact) mass is 320 g/mol. The van der Waals surface area contributed by atoms with Crippen LogP contribution >= 0.6 is 22.9 Å². The smallest absolute Gasteiger partial charge is 0.416 e. The van der Waals surface area contributed by atoms with Gasteiger partial charge >= 0.3 is 12.1 Å². The van der Waals surface area contributed by atoms with Crippen molar-refractivity contribution >= 4 is 40.1 Å². The molecule has 0 aliphatic heterocycles. The maximum Gasteiger partial charge on any atom is 0.416 e. The zero-order valence-corrected chi connectivity index (χ0v) is 13.3. The Bertz CT molecular complexity index is 510. The Morgan fingerprint density at radius 3 is 2.40 bits per heavy atom. The van der Waals surface area contributed by atoms with E-state index in [1.165, 1.54) is 4.90 Å². The highest BCUT2D eigenvalue weighted by molar-refractivity contribution is 7.17. The molecule has 0 bridgehead atoms. The summed E-state index contributed by atoms with van der Waals surface area (Å²) in [6.07, 6.45) is -0.563. The Kier molecular flexibility index (Phi) is 5.35. The number of hydrogen-bond donors (Lipinski definition) is 1. The van der Waals surface area contributed by atoms with Crippen molar-refractivity contribution in [2.75, 3.05) is 11.4 Å². The molecule has 0 aliphatic rings. The third-order valence-corrected chi connectivity index (χ3v) is 3.53. The van der Waals surface area contributed by atoms with Gasteiger partial charge in [-0.2, -0.15) is 0 Å². The van der Waals surface area contributed by atoms with Crippen LogP contribution in [0.1, 0.15) is 43.1 Å². The van der Waals surface area contributed by atoms with Crippen LogP contribution in [0.4, 0.5) is 9.93 Å². The molecule has 8 heteroatoms. The number of nitrogens with zero attached hydrogens (tertiary/aromatic N) is 2. The number of anilines is 1. The number of thiazole rings is 1. The second-order valence-electron chi connectivity index (χ2n) is 4.94. The maximum absolute atomic E-state index is 12.1. The number of aromatic carboxylic acids is 1. The third-order valence-electron chi connectivity index (χ3n) is 2.17. The number of ether oxygens (including phenoxy) is 1. The maximum atomic E-state index is 12.1. The minimum absolute atomic E-state index is 0.0238. The molecule has 112 valence electrons. The summed E-state index contributed by atoms with van der Waals surface area (Å²) in [6, 6.07) is 0. The lowest BCUT2D eigenvalue weighted by Crippen LogP contribution is -2.36. The van der Waals surface area contributed by atoms with E-state index in [2.05, 4.69) is 4.98 Å². The molecule has 0 saturated heterocycles. The van der Waals surface area contributed by atoms with E-state index in [1.807, 2.05) is 0 Å². The average molecular weight is 321 g/mol. The summed E-state index contributed by atoms with van der Waals surface area (Å²) in [5, 5.41) is 9.34. The summed E-state index contributed by atoms with van der Waals surface area (Å²) in [5.74, 6) is -1.13. The van der Waals surface area contributed by atoms with E-state index < -0.39 is 17.7 Å². The number of amides is 1. The SMILES string of the molecule is CCN(C(=O)OC(C)(C)C)c1nc(CCl)c(C(=O)O)s1. The first-order valence-corrected chi connectivity index (χ1v) is 7.34. The van der Waals surface area contributed by atoms with Crippen LogP contribution in [0.3, 0.4) is 0 Å². The van der Waals surface area contributed by atoms with Crippen molar-refractivity contribution in [2.45, 2.75) is 39.2 Å². The number of carboxylic acid groups (broad SMARTS) is 1. The van der Waals surface area contributed by atoms with Gasteiger partial charge in [-0.15, -0.1) is 11.6 Å². The van der Waals surface area contributed by atoms with Gasteiger partial charge in [-0.1, -0.05) is 11.3 Å². The van der Waals surface area contributed by atoms with Crippen molar-refractivity contribution in [1.82, 2.24) is 4.98 Å². The molecule has 0 aliphatic carbocycles. The molecule has 0 atom stereocenters. The highest BCUT2D eigenvalue weighted by Crippen LogP contribution is 2.28. The summed E-state index contributed by atoms with van der Waals surface area (Å²) >= 11 is 6.58. The predicted molar refractivity (Wildman–Crippen MR) is 77.9 cm³/mol. The number of aromatic nitrogens is 1. The van der Waals surface area contributed by atoms with Crippen LogP contribution in [0.5, 0.6) is 0 Å². The summed E-state index contributed by atoms with van der Waals surface area (Å²) in [7, 11) is 0. The summed E-state index contributed by atoms with van der Waals surface area (Å²) < 4.78 is 5.26. The van der Waals surface area contributed by atoms with E-state index in [9.17, 15) is 9.59 Å². The molecule has 0 fully saturated rings. The predicted octanol–water partition coefficient (Wildman–Crippen LogP) is 3.34. The van der Waals surface area contributed by atoms with Crippen LogP contribution in [0.15, 0.2) is 0 Å². The lowest BCUT2D eigenvalue weighted by atomic mass is 10.2. The fourth-order valence-electron chi connectivity index (χ4n) is 1.37. The molecular weight excluding hydrogens is 304 g/mol. The topological polar surface area (TPSA) is 79.7 Å². The Balaban J connectivity index is 3.07. The standard InChI is InChI=1S/C12H17ClN2O4S/c1-5-15(11(18)19-12(2,3)4)10-14-7(6-13)8(20-10)9(16)17/h5-6H2,1-4H3,(H,16,17). The van der Waals surface area contributed by atoms with Crippen LogP contribution in [0.2, 0.25) is 0 Å². The van der Waals surface area contributed by atoms with Gasteiger partial charge in [0.25, 0.3) is 0 Å². The minimum Gasteiger partial charge on any atom is -0.477 e. The van der Waals surface area contributed by atoms with E-state index in [4.69, 9.17) is 21.4 Å². The Morgan fingerprint density at radius 2 is 2.05 bits per heavy atom. The normalized spacial score (nSPS) is 11.2. The quantitative estimate of drug-likeness (QED) is 0.861. The Hall–Kier alpha value is -1.34. The van der Waals surface area contributed by atoms with E-state index in [-0.39, 0.29) is 21.6 Å². The average Bonchev–Trinajstić information content (AvgIpc) is 2.71. The third kappa shape index (κ3) is 4.08. The fourth-order valence-corrected chi connectivity index (χ4v) is 2.62. The Labute approximate surface area is 126 Å². The van der Waals surface area contributed by atoms with Gasteiger partial charge in [-0.05, 0) is 27.7 Å². The second-order valence-corrected chi connectivity index (χ2v) is 6.18. The molecular formula is C12H17ClN2O4S. The number of halogens is 1. The van der Waals surface area contributed by atoms with Gasteiger partial charge in [-0.25, -0.2) is 14.6 Å². The summed E-state index contributed by atoms with van der Waals surface area (Å²) in [6.45, 7) is 7.35. The van der Waals surface area contributed by atoms with Crippen LogP contribution in [0.25, 0.3) is 0 Å². The molecule has 1 heterocycles. The van der Waals surface area contributed by atoms with E-state index in [0.29, 0.717) is 6.54 Å². The first kappa shape index (κ1) is 16.7. The molecule has 1 rings (SSSR count). The number of hydrogen-bond acceptors (Lipinski definition) is 5. The molecule has 0 saturated carbocycles. The van der Waals surface area contributed by atoms with Gasteiger partial charge in [0.15, 0.2) is 5.13 Å². The van der Waals surface area contributed by atoms with Gasteiger partial charge in [0.2, 0.25) is 0 Å². The van der Waals surface area contributed by atoms with Crippen molar-refractivity contribution in [3.63, 3.8) is 0 Å². The van der Waals surface area contributed by atoms with E-state index >= 15 is 0 Å². The lowest BCUT2D eigenvalue weighted by molar-refractivity contribution is 0.0581. The molecule has 1 aromatic heterocycles. The first-order chi connectivity index (χ1) is 9.19. The van der Waals surface area contributed by atoms with Gasteiger partial charge in [0.05, 0.1) is 11.6 Å². The highest BCUT2D eigenvalue weighted by Gasteiger charge is 2.26. The zero-order valence-electron chi connectivity index (χ0n) is 11.8. The van der Waals surface area contributed by atoms with Crippen molar-refractivity contribution in [2.24, 2.45) is 0 Å². The van der Waals surface area contributed by atoms with Gasteiger partial charge in [0.1, 0.15) is 10.5 Å². The number of rotatable bonds is 4. The number of carbonyl (C=O) groups excluding carboxylic acids is 1. The second kappa shape index (κ2) is 6.41. The Morgan fingerprint density at radius 1 is 1.45 bits per heavy atom. The lowest BCUT2D eigenvalue weighted by Gasteiger charge is -2.24. The highest BCUT2D eigenvalue weighted by atomic mass is 35.5. The van der Waals surface area contributed by atoms with Crippen LogP contribution in [-0.2, 0) is 10.6 Å². The molecule has 0 spiro atoms. The number of carbonyl (C=O) groups is 2.